The minimum absolute atomic E-state index is 0.535. The number of benzene rings is 1. The van der Waals surface area contributed by atoms with Crippen molar-refractivity contribution in [1.29, 1.82) is 0 Å². The van der Waals surface area contributed by atoms with Crippen LogP contribution in [-0.4, -0.2) is 18.4 Å². The second-order valence-electron chi connectivity index (χ2n) is 4.62. The fraction of sp³-hybridized carbons (Fsp3) is 0.550. The summed E-state index contributed by atoms with van der Waals surface area (Å²) in [6.07, 6.45) is 6.05. The molecule has 2 rings (SSSR count). The minimum Gasteiger partial charge on any atom is -0.494 e. The molecule has 24 heavy (non-hydrogen) atoms. The molecule has 136 valence electrons. The fourth-order valence-electron chi connectivity index (χ4n) is 1.86. The van der Waals surface area contributed by atoms with E-state index in [0.717, 1.165) is 43.9 Å². The Kier molecular flexibility index (Phi) is 16.2. The van der Waals surface area contributed by atoms with Gasteiger partial charge in [0, 0.05) is 12.7 Å². The number of rotatable bonds is 10. The maximum atomic E-state index is 5.63. The molecule has 0 saturated heterocycles. The summed E-state index contributed by atoms with van der Waals surface area (Å²) in [7, 11) is 0. The number of hydrogen-bond acceptors (Lipinski definition) is 4. The number of unbranched alkanes of at least 4 members (excludes halogenated alkanes) is 3. The number of ether oxygens (including phenoxy) is 2. The lowest BCUT2D eigenvalue weighted by Crippen LogP contribution is -1.98. The van der Waals surface area contributed by atoms with Gasteiger partial charge in [-0.3, -0.25) is 0 Å². The summed E-state index contributed by atoms with van der Waals surface area (Å²) >= 11 is 0. The lowest BCUT2D eigenvalue weighted by Gasteiger charge is -2.05. The van der Waals surface area contributed by atoms with Crippen molar-refractivity contribution in [3.8, 4) is 5.75 Å². The average molecular weight is 335 g/mol. The summed E-state index contributed by atoms with van der Waals surface area (Å²) < 4.78 is 15.9. The van der Waals surface area contributed by atoms with Gasteiger partial charge in [-0.15, -0.1) is 0 Å². The van der Waals surface area contributed by atoms with E-state index in [0.29, 0.717) is 6.61 Å². The van der Waals surface area contributed by atoms with E-state index >= 15 is 0 Å². The largest absolute Gasteiger partial charge is 0.494 e. The zero-order valence-electron chi connectivity index (χ0n) is 15.7. The molecule has 0 saturated carbocycles. The molecule has 0 unspecified atom stereocenters. The first-order valence-corrected chi connectivity index (χ1v) is 9.10. The molecule has 1 aromatic carbocycles. The Balaban J connectivity index is 0.00000123. The van der Waals surface area contributed by atoms with Gasteiger partial charge in [-0.25, -0.2) is 0 Å². The van der Waals surface area contributed by atoms with E-state index in [1.165, 1.54) is 6.42 Å². The first-order valence-electron chi connectivity index (χ1n) is 9.10. The standard InChI is InChI=1S/C16H21NO3.2C2H6/c1(6-11-18-14-15-10-13-20-17-15)2-7-12-19-16-8-4-3-5-9-16;2*1-2/h3-5,8-10,13H,1-2,6-7,11-12,14H2;2*1-2H3. The van der Waals surface area contributed by atoms with Gasteiger partial charge < -0.3 is 14.0 Å². The molecule has 0 N–H and O–H groups in total. The third kappa shape index (κ3) is 11.7. The maximum Gasteiger partial charge on any atom is 0.124 e. The zero-order valence-corrected chi connectivity index (χ0v) is 15.7. The van der Waals surface area contributed by atoms with Crippen LogP contribution in [0.3, 0.4) is 0 Å². The molecule has 4 nitrogen and oxygen atoms in total. The van der Waals surface area contributed by atoms with Crippen LogP contribution in [-0.2, 0) is 11.3 Å². The molecule has 0 atom stereocenters. The van der Waals surface area contributed by atoms with Gasteiger partial charge in [-0.05, 0) is 31.4 Å². The fourth-order valence-corrected chi connectivity index (χ4v) is 1.86. The molecule has 0 fully saturated rings. The van der Waals surface area contributed by atoms with Crippen molar-refractivity contribution < 1.29 is 14.0 Å². The Morgan fingerprint density at radius 1 is 0.833 bits per heavy atom. The van der Waals surface area contributed by atoms with E-state index in [1.54, 1.807) is 6.26 Å². The highest BCUT2D eigenvalue weighted by molar-refractivity contribution is 5.20. The number of nitrogens with zero attached hydrogens (tertiary/aromatic N) is 1. The maximum absolute atomic E-state index is 5.63. The van der Waals surface area contributed by atoms with E-state index < -0.39 is 0 Å². The zero-order chi connectivity index (χ0) is 17.9. The predicted molar refractivity (Wildman–Crippen MR) is 99.3 cm³/mol. The van der Waals surface area contributed by atoms with Crippen LogP contribution in [0.4, 0.5) is 0 Å². The molecule has 2 aromatic rings. The molecule has 0 aliphatic rings. The second kappa shape index (κ2) is 17.5. The van der Waals surface area contributed by atoms with Crippen molar-refractivity contribution in [3.63, 3.8) is 0 Å². The number of para-hydroxylation sites is 1. The molecular formula is C20H33NO3. The normalized spacial score (nSPS) is 9.33. The van der Waals surface area contributed by atoms with Gasteiger partial charge in [0.25, 0.3) is 0 Å². The van der Waals surface area contributed by atoms with Crippen LogP contribution in [0.5, 0.6) is 5.75 Å². The molecule has 0 amide bonds. The molecule has 0 aliphatic heterocycles. The van der Waals surface area contributed by atoms with Crippen molar-refractivity contribution in [2.45, 2.75) is 60.0 Å². The molecule has 0 bridgehead atoms. The molecule has 4 heteroatoms. The van der Waals surface area contributed by atoms with Crippen LogP contribution in [0.1, 0.15) is 59.1 Å². The summed E-state index contributed by atoms with van der Waals surface area (Å²) in [6.45, 7) is 10.1. The lowest BCUT2D eigenvalue weighted by molar-refractivity contribution is 0.111. The van der Waals surface area contributed by atoms with Crippen LogP contribution in [0.25, 0.3) is 0 Å². The Morgan fingerprint density at radius 2 is 1.50 bits per heavy atom. The van der Waals surface area contributed by atoms with Crippen molar-refractivity contribution in [2.75, 3.05) is 13.2 Å². The highest BCUT2D eigenvalue weighted by Crippen LogP contribution is 2.09. The summed E-state index contributed by atoms with van der Waals surface area (Å²) in [5, 5.41) is 3.79. The molecule has 1 aromatic heterocycles. The molecule has 0 radical (unpaired) electrons. The van der Waals surface area contributed by atoms with E-state index in [4.69, 9.17) is 14.0 Å². The van der Waals surface area contributed by atoms with Gasteiger partial charge in [0.1, 0.15) is 17.7 Å². The average Bonchev–Trinajstić information content (AvgIpc) is 3.18. The Morgan fingerprint density at radius 3 is 2.12 bits per heavy atom. The van der Waals surface area contributed by atoms with Gasteiger partial charge in [0.2, 0.25) is 0 Å². The topological polar surface area (TPSA) is 44.5 Å². The summed E-state index contributed by atoms with van der Waals surface area (Å²) in [5.74, 6) is 0.948. The first kappa shape index (κ1) is 22.2. The van der Waals surface area contributed by atoms with Crippen molar-refractivity contribution in [2.24, 2.45) is 0 Å². The Labute approximate surface area is 147 Å². The predicted octanol–water partition coefficient (Wildman–Crippen LogP) is 5.88. The van der Waals surface area contributed by atoms with Crippen LogP contribution in [0.2, 0.25) is 0 Å². The molecule has 1 heterocycles. The van der Waals surface area contributed by atoms with Gasteiger partial charge in [0.15, 0.2) is 0 Å². The van der Waals surface area contributed by atoms with Crippen LogP contribution < -0.4 is 4.74 Å². The summed E-state index contributed by atoms with van der Waals surface area (Å²) in [5.41, 5.74) is 0.848. The highest BCUT2D eigenvalue weighted by atomic mass is 16.5. The quantitative estimate of drug-likeness (QED) is 0.508. The first-order chi connectivity index (χ1) is 11.9. The van der Waals surface area contributed by atoms with E-state index in [1.807, 2.05) is 64.1 Å². The summed E-state index contributed by atoms with van der Waals surface area (Å²) in [4.78, 5) is 0. The van der Waals surface area contributed by atoms with Crippen molar-refractivity contribution in [1.82, 2.24) is 5.16 Å². The van der Waals surface area contributed by atoms with Gasteiger partial charge >= 0.3 is 0 Å². The molecule has 0 spiro atoms. The van der Waals surface area contributed by atoms with Gasteiger partial charge in [0.05, 0.1) is 13.2 Å². The second-order valence-corrected chi connectivity index (χ2v) is 4.62. The minimum atomic E-state index is 0.535. The van der Waals surface area contributed by atoms with E-state index in [-0.39, 0.29) is 0 Å². The SMILES string of the molecule is CC.CC.c1ccc(OCCCCCCOCc2ccon2)cc1. The van der Waals surface area contributed by atoms with Crippen LogP contribution >= 0.6 is 0 Å². The lowest BCUT2D eigenvalue weighted by atomic mass is 10.2. The summed E-state index contributed by atoms with van der Waals surface area (Å²) in [6, 6.07) is 11.8. The van der Waals surface area contributed by atoms with Gasteiger partial charge in [-0.1, -0.05) is 57.5 Å². The third-order valence-corrected chi connectivity index (χ3v) is 2.94. The third-order valence-electron chi connectivity index (χ3n) is 2.94. The Hall–Kier alpha value is -1.81. The van der Waals surface area contributed by atoms with Crippen LogP contribution in [0, 0.1) is 0 Å². The molecular weight excluding hydrogens is 302 g/mol. The number of hydrogen-bond donors (Lipinski definition) is 0. The van der Waals surface area contributed by atoms with Gasteiger partial charge in [-0.2, -0.15) is 0 Å². The smallest absolute Gasteiger partial charge is 0.124 e. The molecule has 0 aliphatic carbocycles. The van der Waals surface area contributed by atoms with Crippen molar-refractivity contribution >= 4 is 0 Å². The highest BCUT2D eigenvalue weighted by Gasteiger charge is 1.97. The monoisotopic (exact) mass is 335 g/mol. The van der Waals surface area contributed by atoms with Crippen molar-refractivity contribution in [3.05, 3.63) is 48.4 Å². The van der Waals surface area contributed by atoms with Crippen LogP contribution in [0.15, 0.2) is 47.2 Å². The van der Waals surface area contributed by atoms with E-state index in [2.05, 4.69) is 5.16 Å². The van der Waals surface area contributed by atoms with E-state index in [9.17, 15) is 0 Å². The Bertz CT molecular complexity index is 443. The number of aromatic nitrogens is 1.